The number of benzene rings is 3. The fraction of sp³-hybridized carbons (Fsp3) is 0. The first-order valence-electron chi connectivity index (χ1n) is 8.36. The van der Waals surface area contributed by atoms with Crippen LogP contribution in [0, 0.1) is 0 Å². The van der Waals surface area contributed by atoms with E-state index in [2.05, 4.69) is 15.5 Å². The third kappa shape index (κ3) is 3.73. The van der Waals surface area contributed by atoms with E-state index < -0.39 is 0 Å². The largest absolute Gasteiger partial charge is 0.321 e. The Labute approximate surface area is 161 Å². The molecule has 4 rings (SSSR count). The van der Waals surface area contributed by atoms with Gasteiger partial charge >= 0.3 is 0 Å². The summed E-state index contributed by atoms with van der Waals surface area (Å²) in [5, 5.41) is 12.4. The predicted octanol–water partition coefficient (Wildman–Crippen LogP) is 4.84. The molecule has 0 aliphatic heterocycles. The van der Waals surface area contributed by atoms with Gasteiger partial charge in [0.25, 0.3) is 5.91 Å². The Morgan fingerprint density at radius 2 is 1.44 bits per heavy atom. The molecule has 0 aliphatic rings. The molecule has 1 aromatic heterocycles. The summed E-state index contributed by atoms with van der Waals surface area (Å²) in [4.78, 5) is 14.3. The molecule has 27 heavy (non-hydrogen) atoms. The molecule has 0 aliphatic carbocycles. The summed E-state index contributed by atoms with van der Waals surface area (Å²) < 4.78 is 0. The van der Waals surface area contributed by atoms with Crippen LogP contribution in [0.4, 0.5) is 5.69 Å². The van der Waals surface area contributed by atoms with Crippen molar-refractivity contribution in [3.63, 3.8) is 0 Å². The first-order valence-corrected chi connectivity index (χ1v) is 8.73. The Morgan fingerprint density at radius 3 is 2.11 bits per heavy atom. The van der Waals surface area contributed by atoms with Crippen molar-refractivity contribution in [1.29, 1.82) is 0 Å². The molecule has 0 saturated carbocycles. The summed E-state index contributed by atoms with van der Waals surface area (Å²) >= 11 is 5.90. The van der Waals surface area contributed by atoms with Crippen LogP contribution in [0.25, 0.3) is 16.9 Å². The molecule has 4 aromatic rings. The van der Waals surface area contributed by atoms with E-state index in [9.17, 15) is 4.79 Å². The average molecular weight is 375 g/mol. The van der Waals surface area contributed by atoms with E-state index in [1.54, 1.807) is 24.3 Å². The number of hydrogen-bond donors (Lipinski definition) is 1. The monoisotopic (exact) mass is 374 g/mol. The third-order valence-electron chi connectivity index (χ3n) is 3.97. The molecule has 1 amide bonds. The fourth-order valence-electron chi connectivity index (χ4n) is 2.65. The fourth-order valence-corrected chi connectivity index (χ4v) is 2.78. The normalized spacial score (nSPS) is 10.6. The van der Waals surface area contributed by atoms with Gasteiger partial charge in [0.2, 0.25) is 0 Å². The summed E-state index contributed by atoms with van der Waals surface area (Å²) in [6.07, 6.45) is 0. The van der Waals surface area contributed by atoms with E-state index in [1.165, 1.54) is 4.80 Å². The zero-order valence-corrected chi connectivity index (χ0v) is 15.0. The maximum atomic E-state index is 12.9. The number of aromatic nitrogens is 3. The quantitative estimate of drug-likeness (QED) is 0.556. The number of amides is 1. The third-order valence-corrected chi connectivity index (χ3v) is 4.22. The van der Waals surface area contributed by atoms with Crippen LogP contribution in [-0.2, 0) is 0 Å². The van der Waals surface area contributed by atoms with E-state index in [-0.39, 0.29) is 11.6 Å². The van der Waals surface area contributed by atoms with Crippen LogP contribution in [-0.4, -0.2) is 20.9 Å². The maximum Gasteiger partial charge on any atom is 0.278 e. The zero-order valence-electron chi connectivity index (χ0n) is 14.2. The Bertz CT molecular complexity index is 1060. The Balaban J connectivity index is 1.74. The van der Waals surface area contributed by atoms with Crippen molar-refractivity contribution in [3.8, 4) is 16.9 Å². The van der Waals surface area contributed by atoms with Gasteiger partial charge in [0.05, 0.1) is 5.69 Å². The van der Waals surface area contributed by atoms with Gasteiger partial charge in [-0.1, -0.05) is 60.1 Å². The number of anilines is 1. The molecule has 3 aromatic carbocycles. The first kappa shape index (κ1) is 17.0. The van der Waals surface area contributed by atoms with Gasteiger partial charge in [0.15, 0.2) is 5.69 Å². The van der Waals surface area contributed by atoms with E-state index in [1.807, 2.05) is 60.7 Å². The molecular weight excluding hydrogens is 360 g/mol. The summed E-state index contributed by atoms with van der Waals surface area (Å²) in [5.74, 6) is -0.335. The Kier molecular flexibility index (Phi) is 4.68. The second-order valence-corrected chi connectivity index (χ2v) is 6.29. The van der Waals surface area contributed by atoms with Crippen molar-refractivity contribution >= 4 is 23.2 Å². The number of para-hydroxylation sites is 1. The highest BCUT2D eigenvalue weighted by atomic mass is 35.5. The molecule has 0 bridgehead atoms. The molecule has 6 heteroatoms. The molecule has 0 radical (unpaired) electrons. The number of rotatable bonds is 4. The van der Waals surface area contributed by atoms with Crippen LogP contribution in [0.5, 0.6) is 0 Å². The molecule has 1 N–H and O–H groups in total. The highest BCUT2D eigenvalue weighted by Gasteiger charge is 2.20. The number of carbonyl (C=O) groups excluding carboxylic acids is 1. The second kappa shape index (κ2) is 7.43. The van der Waals surface area contributed by atoms with Gasteiger partial charge < -0.3 is 5.32 Å². The SMILES string of the molecule is O=C(Nc1ccc(Cl)cc1)c1nn(-c2ccccc2)nc1-c1ccccc1. The molecule has 132 valence electrons. The smallest absolute Gasteiger partial charge is 0.278 e. The summed E-state index contributed by atoms with van der Waals surface area (Å²) in [7, 11) is 0. The number of carbonyl (C=O) groups is 1. The van der Waals surface area contributed by atoms with Gasteiger partial charge in [-0.25, -0.2) is 0 Å². The molecule has 5 nitrogen and oxygen atoms in total. The topological polar surface area (TPSA) is 59.8 Å². The zero-order chi connectivity index (χ0) is 18.6. The number of halogens is 1. The highest BCUT2D eigenvalue weighted by molar-refractivity contribution is 6.30. The summed E-state index contributed by atoms with van der Waals surface area (Å²) in [5.41, 5.74) is 3.00. The van der Waals surface area contributed by atoms with Crippen molar-refractivity contribution in [2.75, 3.05) is 5.32 Å². The lowest BCUT2D eigenvalue weighted by atomic mass is 10.1. The second-order valence-electron chi connectivity index (χ2n) is 5.85. The standard InChI is InChI=1S/C21H15ClN4O/c22-16-11-13-17(14-12-16)23-21(27)20-19(15-7-3-1-4-8-15)24-26(25-20)18-9-5-2-6-10-18/h1-14H,(H,23,27). The molecule has 0 spiro atoms. The van der Waals surface area contributed by atoms with E-state index in [0.717, 1.165) is 11.3 Å². The van der Waals surface area contributed by atoms with Crippen LogP contribution in [0.1, 0.15) is 10.5 Å². The van der Waals surface area contributed by atoms with E-state index in [4.69, 9.17) is 11.6 Å². The van der Waals surface area contributed by atoms with Gasteiger partial charge in [-0.2, -0.15) is 4.80 Å². The first-order chi connectivity index (χ1) is 13.2. The lowest BCUT2D eigenvalue weighted by Gasteiger charge is -2.04. The van der Waals surface area contributed by atoms with Gasteiger partial charge in [0.1, 0.15) is 5.69 Å². The molecular formula is C21H15ClN4O. The minimum atomic E-state index is -0.335. The van der Waals surface area contributed by atoms with Gasteiger partial charge in [0, 0.05) is 16.3 Å². The Hall–Kier alpha value is -3.44. The Morgan fingerprint density at radius 1 is 0.815 bits per heavy atom. The number of hydrogen-bond acceptors (Lipinski definition) is 3. The van der Waals surface area contributed by atoms with Crippen molar-refractivity contribution in [1.82, 2.24) is 15.0 Å². The van der Waals surface area contributed by atoms with Crippen LogP contribution >= 0.6 is 11.6 Å². The minimum absolute atomic E-state index is 0.250. The van der Waals surface area contributed by atoms with Crippen molar-refractivity contribution in [3.05, 3.63) is 95.6 Å². The van der Waals surface area contributed by atoms with Crippen LogP contribution in [0.3, 0.4) is 0 Å². The molecule has 0 atom stereocenters. The minimum Gasteiger partial charge on any atom is -0.321 e. The van der Waals surface area contributed by atoms with Crippen molar-refractivity contribution in [2.45, 2.75) is 0 Å². The lowest BCUT2D eigenvalue weighted by Crippen LogP contribution is -2.14. The highest BCUT2D eigenvalue weighted by Crippen LogP contribution is 2.23. The molecule has 0 unspecified atom stereocenters. The van der Waals surface area contributed by atoms with Crippen LogP contribution < -0.4 is 5.32 Å². The van der Waals surface area contributed by atoms with Crippen LogP contribution in [0.15, 0.2) is 84.9 Å². The lowest BCUT2D eigenvalue weighted by molar-refractivity contribution is 0.102. The summed E-state index contributed by atoms with van der Waals surface area (Å²) in [6, 6.07) is 25.9. The molecule has 0 fully saturated rings. The number of nitrogens with one attached hydrogen (secondary N) is 1. The van der Waals surface area contributed by atoms with Crippen LogP contribution in [0.2, 0.25) is 5.02 Å². The molecule has 0 saturated heterocycles. The van der Waals surface area contributed by atoms with Crippen molar-refractivity contribution in [2.24, 2.45) is 0 Å². The maximum absolute atomic E-state index is 12.9. The van der Waals surface area contributed by atoms with Crippen molar-refractivity contribution < 1.29 is 4.79 Å². The van der Waals surface area contributed by atoms with Gasteiger partial charge in [-0.05, 0) is 36.4 Å². The van der Waals surface area contributed by atoms with Gasteiger partial charge in [-0.15, -0.1) is 10.2 Å². The average Bonchev–Trinajstić information content (AvgIpc) is 3.17. The van der Waals surface area contributed by atoms with E-state index >= 15 is 0 Å². The predicted molar refractivity (Wildman–Crippen MR) is 106 cm³/mol. The number of nitrogens with zero attached hydrogens (tertiary/aromatic N) is 3. The van der Waals surface area contributed by atoms with E-state index in [0.29, 0.717) is 16.4 Å². The molecule has 1 heterocycles. The van der Waals surface area contributed by atoms with Gasteiger partial charge in [-0.3, -0.25) is 4.79 Å². The summed E-state index contributed by atoms with van der Waals surface area (Å²) in [6.45, 7) is 0.